The minimum absolute atomic E-state index is 0.838. The van der Waals surface area contributed by atoms with Crippen molar-refractivity contribution in [2.75, 3.05) is 0 Å². The average molecular weight is 657 g/mol. The zero-order valence-corrected chi connectivity index (χ0v) is 27.3. The molecule has 4 aromatic heterocycles. The number of hydrogen-bond donors (Lipinski definition) is 0. The van der Waals surface area contributed by atoms with E-state index in [1.54, 1.807) is 0 Å². The number of thiophene rings is 1. The smallest absolute Gasteiger partial charge is 0.147 e. The highest BCUT2D eigenvalue weighted by Gasteiger charge is 2.25. The molecule has 0 amide bonds. The Bertz CT molecular complexity index is 3330. The number of rotatable bonds is 2. The fourth-order valence-corrected chi connectivity index (χ4v) is 9.64. The first-order chi connectivity index (χ1) is 24.8. The van der Waals surface area contributed by atoms with Crippen LogP contribution in [0, 0.1) is 0 Å². The van der Waals surface area contributed by atoms with Crippen molar-refractivity contribution in [3.05, 3.63) is 146 Å². The molecule has 12 rings (SSSR count). The van der Waals surface area contributed by atoms with E-state index in [9.17, 15) is 0 Å². The zero-order valence-electron chi connectivity index (χ0n) is 26.5. The molecule has 232 valence electrons. The Morgan fingerprint density at radius 2 is 0.920 bits per heavy atom. The van der Waals surface area contributed by atoms with E-state index >= 15 is 0 Å². The Balaban J connectivity index is 1.27. The average Bonchev–Trinajstić information content (AvgIpc) is 3.95. The van der Waals surface area contributed by atoms with Crippen molar-refractivity contribution in [2.24, 2.45) is 0 Å². The fraction of sp³-hybridized carbons (Fsp3) is 0. The van der Waals surface area contributed by atoms with Crippen LogP contribution in [-0.4, -0.2) is 0 Å². The quantitative estimate of drug-likeness (QED) is 0.174. The van der Waals surface area contributed by atoms with Crippen LogP contribution in [0.3, 0.4) is 0 Å². The van der Waals surface area contributed by atoms with Gasteiger partial charge >= 0.3 is 0 Å². The first-order valence-corrected chi connectivity index (χ1v) is 17.6. The van der Waals surface area contributed by atoms with Gasteiger partial charge in [-0.05, 0) is 69.1 Å². The molecule has 0 N–H and O–H groups in total. The molecular weight excluding hydrogens is 633 g/mol. The third-order valence-corrected chi connectivity index (χ3v) is 11.7. The second kappa shape index (κ2) is 9.63. The highest BCUT2D eigenvalue weighted by molar-refractivity contribution is 7.26. The van der Waals surface area contributed by atoms with Crippen LogP contribution in [-0.2, 0) is 0 Å². The Morgan fingerprint density at radius 3 is 1.64 bits per heavy atom. The summed E-state index contributed by atoms with van der Waals surface area (Å²) in [5, 5.41) is 12.5. The second-order valence-corrected chi connectivity index (χ2v) is 14.2. The predicted octanol–water partition coefficient (Wildman–Crippen LogP) is 14.2. The standard InChI is InChI=1S/C46H24O3S/c1-3-14-28-26(12-1)40(33-24-39-42(44-30(33)21-22-47-44)32-17-7-10-20-38(32)50-39)27-13-2-4-15-29(27)41(28)35-23-34-25-11-5-8-18-36(25)48-45(34)43-31-16-6-9-19-37(31)49-46(35)43/h1-24H. The zero-order chi connectivity index (χ0) is 32.5. The van der Waals surface area contributed by atoms with Gasteiger partial charge in [-0.1, -0.05) is 103 Å². The normalized spacial score (nSPS) is 12.4. The summed E-state index contributed by atoms with van der Waals surface area (Å²) < 4.78 is 22.2. The predicted molar refractivity (Wildman–Crippen MR) is 210 cm³/mol. The van der Waals surface area contributed by atoms with Crippen LogP contribution in [0.25, 0.3) is 119 Å². The molecule has 0 bridgehead atoms. The number of hydrogen-bond acceptors (Lipinski definition) is 4. The molecule has 0 atom stereocenters. The maximum absolute atomic E-state index is 6.81. The molecular formula is C46H24O3S. The molecule has 0 radical (unpaired) electrons. The topological polar surface area (TPSA) is 39.4 Å². The Hall–Kier alpha value is -6.36. The van der Waals surface area contributed by atoms with Crippen molar-refractivity contribution in [1.82, 2.24) is 0 Å². The van der Waals surface area contributed by atoms with Crippen molar-refractivity contribution in [3.8, 4) is 22.3 Å². The molecule has 0 saturated heterocycles. The first kappa shape index (κ1) is 26.6. The third-order valence-electron chi connectivity index (χ3n) is 10.5. The molecule has 4 heterocycles. The summed E-state index contributed by atoms with van der Waals surface area (Å²) in [5.41, 5.74) is 8.96. The van der Waals surface area contributed by atoms with Gasteiger partial charge in [0.05, 0.1) is 11.6 Å². The summed E-state index contributed by atoms with van der Waals surface area (Å²) in [7, 11) is 0. The number of furan rings is 3. The summed E-state index contributed by atoms with van der Waals surface area (Å²) >= 11 is 1.82. The van der Waals surface area contributed by atoms with Crippen molar-refractivity contribution in [2.45, 2.75) is 0 Å². The molecule has 4 heteroatoms. The SMILES string of the molecule is c1ccc2c(c1)oc1c2cc(-c2c3ccccc3c(-c3cc4sc5ccccc5c4c4occc34)c3ccccc23)c2oc3ccccc3c21. The van der Waals surface area contributed by atoms with E-state index < -0.39 is 0 Å². The molecule has 3 nitrogen and oxygen atoms in total. The van der Waals surface area contributed by atoms with Crippen LogP contribution in [0.5, 0.6) is 0 Å². The van der Waals surface area contributed by atoms with Gasteiger partial charge in [-0.15, -0.1) is 11.3 Å². The highest BCUT2D eigenvalue weighted by Crippen LogP contribution is 2.51. The van der Waals surface area contributed by atoms with Crippen LogP contribution >= 0.6 is 11.3 Å². The third kappa shape index (κ3) is 3.38. The summed E-state index contributed by atoms with van der Waals surface area (Å²) in [6, 6.07) is 49.7. The molecule has 0 unspecified atom stereocenters. The molecule has 0 aliphatic carbocycles. The lowest BCUT2D eigenvalue weighted by Crippen LogP contribution is -1.92. The Kier molecular flexibility index (Phi) is 5.12. The Morgan fingerprint density at radius 1 is 0.360 bits per heavy atom. The van der Waals surface area contributed by atoms with Gasteiger partial charge in [0, 0.05) is 52.8 Å². The van der Waals surface area contributed by atoms with E-state index in [-0.39, 0.29) is 0 Å². The molecule has 0 aliphatic rings. The van der Waals surface area contributed by atoms with Gasteiger partial charge in [0.2, 0.25) is 0 Å². The van der Waals surface area contributed by atoms with E-state index in [0.29, 0.717) is 0 Å². The Labute approximate surface area is 288 Å². The van der Waals surface area contributed by atoms with E-state index in [0.717, 1.165) is 66.0 Å². The lowest BCUT2D eigenvalue weighted by Gasteiger charge is -2.18. The minimum Gasteiger partial charge on any atom is -0.464 e. The van der Waals surface area contributed by atoms with E-state index in [1.807, 2.05) is 41.9 Å². The fourth-order valence-electron chi connectivity index (χ4n) is 8.49. The van der Waals surface area contributed by atoms with Gasteiger partial charge in [-0.2, -0.15) is 0 Å². The monoisotopic (exact) mass is 656 g/mol. The first-order valence-electron chi connectivity index (χ1n) is 16.8. The van der Waals surface area contributed by atoms with Crippen molar-refractivity contribution in [1.29, 1.82) is 0 Å². The van der Waals surface area contributed by atoms with Gasteiger partial charge in [-0.25, -0.2) is 0 Å². The largest absolute Gasteiger partial charge is 0.464 e. The lowest BCUT2D eigenvalue weighted by molar-refractivity contribution is 0.619. The van der Waals surface area contributed by atoms with Gasteiger partial charge in [0.25, 0.3) is 0 Å². The number of fused-ring (bicyclic) bond motifs is 14. The van der Waals surface area contributed by atoms with Crippen LogP contribution in [0.2, 0.25) is 0 Å². The summed E-state index contributed by atoms with van der Waals surface area (Å²) in [5.74, 6) is 0. The molecule has 8 aromatic carbocycles. The minimum atomic E-state index is 0.838. The highest BCUT2D eigenvalue weighted by atomic mass is 32.1. The van der Waals surface area contributed by atoms with Crippen molar-refractivity contribution in [3.63, 3.8) is 0 Å². The van der Waals surface area contributed by atoms with Gasteiger partial charge < -0.3 is 13.3 Å². The molecule has 0 fully saturated rings. The second-order valence-electron chi connectivity index (χ2n) is 13.1. The van der Waals surface area contributed by atoms with E-state index in [4.69, 9.17) is 13.3 Å². The summed E-state index contributed by atoms with van der Waals surface area (Å²) in [4.78, 5) is 0. The van der Waals surface area contributed by atoms with E-state index in [1.165, 1.54) is 52.8 Å². The molecule has 0 saturated carbocycles. The molecule has 12 aromatic rings. The van der Waals surface area contributed by atoms with Gasteiger partial charge in [0.15, 0.2) is 0 Å². The van der Waals surface area contributed by atoms with Gasteiger partial charge in [0.1, 0.15) is 27.9 Å². The summed E-state index contributed by atoms with van der Waals surface area (Å²) in [6.45, 7) is 0. The van der Waals surface area contributed by atoms with Crippen LogP contribution in [0.15, 0.2) is 159 Å². The molecule has 50 heavy (non-hydrogen) atoms. The van der Waals surface area contributed by atoms with Gasteiger partial charge in [-0.3, -0.25) is 0 Å². The maximum atomic E-state index is 6.81. The van der Waals surface area contributed by atoms with Crippen LogP contribution in [0.1, 0.15) is 0 Å². The van der Waals surface area contributed by atoms with Crippen molar-refractivity contribution >= 4 is 108 Å². The maximum Gasteiger partial charge on any atom is 0.147 e. The van der Waals surface area contributed by atoms with Crippen LogP contribution < -0.4 is 0 Å². The lowest BCUT2D eigenvalue weighted by atomic mass is 9.84. The van der Waals surface area contributed by atoms with E-state index in [2.05, 4.69) is 115 Å². The number of benzene rings is 8. The van der Waals surface area contributed by atoms with Crippen LogP contribution in [0.4, 0.5) is 0 Å². The van der Waals surface area contributed by atoms with Crippen molar-refractivity contribution < 1.29 is 13.3 Å². The molecule has 0 aliphatic heterocycles. The number of para-hydroxylation sites is 2. The molecule has 0 spiro atoms. The summed E-state index contributed by atoms with van der Waals surface area (Å²) in [6.07, 6.45) is 1.83.